The molecule has 6 heteroatoms. The number of esters is 1. The molecule has 14 heavy (non-hydrogen) atoms. The van der Waals surface area contributed by atoms with Crippen LogP contribution >= 0.6 is 0 Å². The molecular formula is C8H16N4O2. The zero-order valence-electron chi connectivity index (χ0n) is 8.12. The van der Waals surface area contributed by atoms with E-state index in [2.05, 4.69) is 4.74 Å². The maximum Gasteiger partial charge on any atom is 0.340 e. The van der Waals surface area contributed by atoms with E-state index in [4.69, 9.17) is 22.9 Å². The summed E-state index contributed by atoms with van der Waals surface area (Å²) < 4.78 is 4.68. The van der Waals surface area contributed by atoms with E-state index in [0.29, 0.717) is 6.42 Å². The lowest BCUT2D eigenvalue weighted by Crippen LogP contribution is -2.53. The molecule has 1 atom stereocenters. The number of nitrogens with two attached hydrogens (primary N) is 4. The molecule has 0 saturated heterocycles. The molecule has 0 fully saturated rings. The highest BCUT2D eigenvalue weighted by Gasteiger charge is 2.42. The van der Waals surface area contributed by atoms with Gasteiger partial charge in [0.05, 0.1) is 11.3 Å². The van der Waals surface area contributed by atoms with E-state index in [0.717, 1.165) is 6.42 Å². The van der Waals surface area contributed by atoms with Gasteiger partial charge in [-0.15, -0.1) is 0 Å². The fraction of sp³-hybridized carbons (Fsp3) is 0.625. The fourth-order valence-electron chi connectivity index (χ4n) is 1.39. The first-order chi connectivity index (χ1) is 6.40. The predicted molar refractivity (Wildman–Crippen MR) is 51.3 cm³/mol. The Labute approximate surface area is 82.2 Å². The minimum atomic E-state index is -1.70. The minimum Gasteiger partial charge on any atom is -0.421 e. The SMILES string of the molecule is CCCC(N)C1=C(N)C(N)(N)OC1=O. The molecule has 0 saturated carbocycles. The van der Waals surface area contributed by atoms with Gasteiger partial charge in [-0.25, -0.2) is 4.79 Å². The minimum absolute atomic E-state index is 0.0310. The van der Waals surface area contributed by atoms with Gasteiger partial charge in [-0.05, 0) is 6.42 Å². The first-order valence-electron chi connectivity index (χ1n) is 4.47. The normalized spacial score (nSPS) is 22.4. The molecule has 0 radical (unpaired) electrons. The Balaban J connectivity index is 2.96. The summed E-state index contributed by atoms with van der Waals surface area (Å²) in [7, 11) is 0. The van der Waals surface area contributed by atoms with Crippen molar-refractivity contribution in [1.29, 1.82) is 0 Å². The van der Waals surface area contributed by atoms with Crippen LogP contribution in [0.4, 0.5) is 0 Å². The van der Waals surface area contributed by atoms with Crippen molar-refractivity contribution < 1.29 is 9.53 Å². The summed E-state index contributed by atoms with van der Waals surface area (Å²) in [5, 5.41) is 0. The van der Waals surface area contributed by atoms with E-state index in [1.807, 2.05) is 6.92 Å². The molecule has 0 aromatic rings. The molecule has 0 aliphatic carbocycles. The predicted octanol–water partition coefficient (Wildman–Crippen LogP) is -1.55. The molecule has 1 unspecified atom stereocenters. The van der Waals surface area contributed by atoms with Gasteiger partial charge in [0.1, 0.15) is 0 Å². The average molecular weight is 200 g/mol. The lowest BCUT2D eigenvalue weighted by atomic mass is 10.0. The molecule has 1 rings (SSSR count). The zero-order valence-corrected chi connectivity index (χ0v) is 8.12. The highest BCUT2D eigenvalue weighted by atomic mass is 16.6. The van der Waals surface area contributed by atoms with Gasteiger partial charge in [-0.3, -0.25) is 11.5 Å². The van der Waals surface area contributed by atoms with Gasteiger partial charge in [0, 0.05) is 6.04 Å². The van der Waals surface area contributed by atoms with Crippen molar-refractivity contribution in [2.24, 2.45) is 22.9 Å². The second kappa shape index (κ2) is 3.56. The van der Waals surface area contributed by atoms with Crippen LogP contribution in [0.1, 0.15) is 19.8 Å². The summed E-state index contributed by atoms with van der Waals surface area (Å²) in [6, 6.07) is -0.457. The Morgan fingerprint density at radius 2 is 2.07 bits per heavy atom. The molecular weight excluding hydrogens is 184 g/mol. The molecule has 1 aliphatic rings. The highest BCUT2D eigenvalue weighted by Crippen LogP contribution is 2.24. The Hall–Kier alpha value is -1.11. The maximum atomic E-state index is 11.3. The van der Waals surface area contributed by atoms with Crippen LogP contribution in [-0.2, 0) is 9.53 Å². The van der Waals surface area contributed by atoms with Crippen molar-refractivity contribution in [3.8, 4) is 0 Å². The van der Waals surface area contributed by atoms with E-state index in [1.165, 1.54) is 0 Å². The van der Waals surface area contributed by atoms with E-state index in [1.54, 1.807) is 0 Å². The van der Waals surface area contributed by atoms with Crippen LogP contribution in [0.5, 0.6) is 0 Å². The third-order valence-corrected chi connectivity index (χ3v) is 2.16. The molecule has 6 nitrogen and oxygen atoms in total. The van der Waals surface area contributed by atoms with Crippen molar-refractivity contribution in [3.05, 3.63) is 11.3 Å². The van der Waals surface area contributed by atoms with Crippen LogP contribution in [-0.4, -0.2) is 17.9 Å². The number of hydrogen-bond donors (Lipinski definition) is 4. The lowest BCUT2D eigenvalue weighted by molar-refractivity contribution is -0.146. The quantitative estimate of drug-likeness (QED) is 0.322. The third-order valence-electron chi connectivity index (χ3n) is 2.16. The summed E-state index contributed by atoms with van der Waals surface area (Å²) in [6.45, 7) is 1.95. The van der Waals surface area contributed by atoms with Crippen LogP contribution in [0.3, 0.4) is 0 Å². The third kappa shape index (κ3) is 1.72. The number of rotatable bonds is 3. The van der Waals surface area contributed by atoms with Crippen LogP contribution in [0, 0.1) is 0 Å². The smallest absolute Gasteiger partial charge is 0.340 e. The number of carbonyl (C=O) groups excluding carboxylic acids is 1. The maximum absolute atomic E-state index is 11.3. The summed E-state index contributed by atoms with van der Waals surface area (Å²) in [5.74, 6) is -2.31. The van der Waals surface area contributed by atoms with Gasteiger partial charge in [0.15, 0.2) is 0 Å². The van der Waals surface area contributed by atoms with E-state index < -0.39 is 17.9 Å². The molecule has 0 amide bonds. The highest BCUT2D eigenvalue weighted by molar-refractivity contribution is 5.93. The van der Waals surface area contributed by atoms with Crippen molar-refractivity contribution >= 4 is 5.97 Å². The Morgan fingerprint density at radius 1 is 1.50 bits per heavy atom. The molecule has 1 aliphatic heterocycles. The van der Waals surface area contributed by atoms with Crippen LogP contribution < -0.4 is 22.9 Å². The first kappa shape index (κ1) is 11.0. The van der Waals surface area contributed by atoms with E-state index in [-0.39, 0.29) is 11.3 Å². The molecule has 8 N–H and O–H groups in total. The summed E-state index contributed by atoms with van der Waals surface area (Å²) in [6.07, 6.45) is 1.48. The number of ether oxygens (including phenoxy) is 1. The van der Waals surface area contributed by atoms with Crippen LogP contribution in [0.25, 0.3) is 0 Å². The lowest BCUT2D eigenvalue weighted by Gasteiger charge is -2.17. The summed E-state index contributed by atoms with van der Waals surface area (Å²) in [5.41, 5.74) is 22.4. The molecule has 1 heterocycles. The zero-order chi connectivity index (χ0) is 10.9. The first-order valence-corrected chi connectivity index (χ1v) is 4.47. The van der Waals surface area contributed by atoms with Crippen LogP contribution in [0.2, 0.25) is 0 Å². The topological polar surface area (TPSA) is 130 Å². The van der Waals surface area contributed by atoms with Gasteiger partial charge in [-0.1, -0.05) is 13.3 Å². The van der Waals surface area contributed by atoms with Crippen molar-refractivity contribution in [1.82, 2.24) is 0 Å². The standard InChI is InChI=1S/C8H16N4O2/c1-2-3-4(9)5-6(10)8(11,12)14-7(5)13/h4H,2-3,9-12H2,1H3. The van der Waals surface area contributed by atoms with Crippen molar-refractivity contribution in [2.75, 3.05) is 0 Å². The number of carbonyl (C=O) groups is 1. The molecule has 80 valence electrons. The fourth-order valence-corrected chi connectivity index (χ4v) is 1.39. The van der Waals surface area contributed by atoms with Crippen molar-refractivity contribution in [2.45, 2.75) is 31.7 Å². The second-order valence-corrected chi connectivity index (χ2v) is 3.41. The largest absolute Gasteiger partial charge is 0.421 e. The molecule has 0 aromatic heterocycles. The number of hydrogen-bond acceptors (Lipinski definition) is 6. The van der Waals surface area contributed by atoms with Gasteiger partial charge >= 0.3 is 5.97 Å². The monoisotopic (exact) mass is 200 g/mol. The second-order valence-electron chi connectivity index (χ2n) is 3.41. The van der Waals surface area contributed by atoms with Crippen LogP contribution in [0.15, 0.2) is 11.3 Å². The molecule has 0 bridgehead atoms. The number of cyclic esters (lactones) is 1. The Kier molecular flexibility index (Phi) is 2.79. The summed E-state index contributed by atoms with van der Waals surface area (Å²) in [4.78, 5) is 11.3. The van der Waals surface area contributed by atoms with Crippen molar-refractivity contribution in [3.63, 3.8) is 0 Å². The summed E-state index contributed by atoms with van der Waals surface area (Å²) >= 11 is 0. The molecule has 0 aromatic carbocycles. The van der Waals surface area contributed by atoms with E-state index >= 15 is 0 Å². The van der Waals surface area contributed by atoms with Gasteiger partial charge in [-0.2, -0.15) is 0 Å². The van der Waals surface area contributed by atoms with E-state index in [9.17, 15) is 4.79 Å². The van der Waals surface area contributed by atoms with Gasteiger partial charge in [0.2, 0.25) is 0 Å². The van der Waals surface area contributed by atoms with Gasteiger partial charge in [0.25, 0.3) is 5.85 Å². The Morgan fingerprint density at radius 3 is 2.43 bits per heavy atom. The van der Waals surface area contributed by atoms with Gasteiger partial charge < -0.3 is 16.2 Å². The Bertz CT molecular complexity index is 285. The average Bonchev–Trinajstić information content (AvgIpc) is 2.22. The molecule has 0 spiro atoms.